The minimum Gasteiger partial charge on any atom is -0.321 e. The standard InChI is InChI=1S/C20H15Cl2N5O2/c21-13-5-7-16(26-19(28)12-3-1-11(2-4-12)18(23)24)15(9-13)20(29)27-17-8-6-14(22)10-25-17/h1-10H,(H3,23,24)(H,26,28)(H,25,27,29)/p+1. The van der Waals surface area contributed by atoms with Gasteiger partial charge in [-0.2, -0.15) is 0 Å². The van der Waals surface area contributed by atoms with E-state index in [2.05, 4.69) is 15.6 Å². The van der Waals surface area contributed by atoms with Crippen LogP contribution in [0.3, 0.4) is 0 Å². The number of nitrogens with two attached hydrogens (primary N) is 2. The van der Waals surface area contributed by atoms with Gasteiger partial charge in [-0.1, -0.05) is 23.2 Å². The van der Waals surface area contributed by atoms with E-state index in [0.29, 0.717) is 32.7 Å². The monoisotopic (exact) mass is 428 g/mol. The maximum Gasteiger partial charge on any atom is 0.270 e. The number of carbonyl (C=O) groups excluding carboxylic acids is 2. The second-order valence-electron chi connectivity index (χ2n) is 5.99. The fourth-order valence-electron chi connectivity index (χ4n) is 2.46. The fourth-order valence-corrected chi connectivity index (χ4v) is 2.74. The van der Waals surface area contributed by atoms with E-state index < -0.39 is 11.8 Å². The maximum absolute atomic E-state index is 12.7. The molecule has 0 saturated heterocycles. The molecule has 146 valence electrons. The highest BCUT2D eigenvalue weighted by atomic mass is 35.5. The van der Waals surface area contributed by atoms with Gasteiger partial charge in [0.05, 0.1) is 21.8 Å². The first-order chi connectivity index (χ1) is 13.8. The quantitative estimate of drug-likeness (QED) is 0.367. The van der Waals surface area contributed by atoms with Crippen LogP contribution in [0.5, 0.6) is 0 Å². The topological polar surface area (TPSA) is 123 Å². The Hall–Kier alpha value is -3.42. The van der Waals surface area contributed by atoms with Crippen LogP contribution in [0.1, 0.15) is 26.3 Å². The Morgan fingerprint density at radius 3 is 2.14 bits per heavy atom. The van der Waals surface area contributed by atoms with Crippen LogP contribution >= 0.6 is 23.2 Å². The van der Waals surface area contributed by atoms with Crippen molar-refractivity contribution in [3.63, 3.8) is 0 Å². The molecule has 0 fully saturated rings. The summed E-state index contributed by atoms with van der Waals surface area (Å²) in [5.74, 6) is -0.432. The maximum atomic E-state index is 12.7. The van der Waals surface area contributed by atoms with E-state index in [1.165, 1.54) is 12.3 Å². The van der Waals surface area contributed by atoms with Crippen molar-refractivity contribution in [3.05, 3.63) is 87.5 Å². The van der Waals surface area contributed by atoms with Crippen LogP contribution in [-0.2, 0) is 0 Å². The number of carbonyl (C=O) groups is 2. The Morgan fingerprint density at radius 1 is 0.862 bits per heavy atom. The zero-order valence-corrected chi connectivity index (χ0v) is 16.5. The molecular weight excluding hydrogens is 413 g/mol. The average molecular weight is 429 g/mol. The van der Waals surface area contributed by atoms with Crippen LogP contribution in [0.4, 0.5) is 11.5 Å². The number of hydrogen-bond donors (Lipinski definition) is 4. The second-order valence-corrected chi connectivity index (χ2v) is 6.87. The zero-order chi connectivity index (χ0) is 21.0. The van der Waals surface area contributed by atoms with Crippen molar-refractivity contribution in [1.82, 2.24) is 4.98 Å². The van der Waals surface area contributed by atoms with Crippen LogP contribution in [0, 0.1) is 0 Å². The number of nitrogens with one attached hydrogen (secondary N) is 2. The first kappa shape index (κ1) is 20.3. The molecular formula is C20H16Cl2N5O2+. The molecule has 9 heteroatoms. The molecule has 3 rings (SSSR count). The van der Waals surface area contributed by atoms with E-state index in [1.807, 2.05) is 0 Å². The van der Waals surface area contributed by atoms with Crippen molar-refractivity contribution in [2.45, 2.75) is 0 Å². The number of amides is 2. The summed E-state index contributed by atoms with van der Waals surface area (Å²) in [5.41, 5.74) is 6.98. The molecule has 0 aliphatic rings. The Kier molecular flexibility index (Phi) is 6.11. The number of anilines is 2. The predicted molar refractivity (Wildman–Crippen MR) is 113 cm³/mol. The van der Waals surface area contributed by atoms with E-state index in [1.54, 1.807) is 48.5 Å². The van der Waals surface area contributed by atoms with Gasteiger partial charge in [0.2, 0.25) is 0 Å². The molecule has 0 aliphatic heterocycles. The van der Waals surface area contributed by atoms with Crippen molar-refractivity contribution in [2.75, 3.05) is 10.6 Å². The van der Waals surface area contributed by atoms with Crippen LogP contribution in [0.15, 0.2) is 60.8 Å². The number of aromatic nitrogens is 1. The number of amidine groups is 1. The Bertz CT molecular complexity index is 1080. The number of benzene rings is 2. The van der Waals surface area contributed by atoms with E-state index >= 15 is 0 Å². The van der Waals surface area contributed by atoms with Crippen LogP contribution in [0.25, 0.3) is 0 Å². The van der Waals surface area contributed by atoms with Gasteiger partial charge >= 0.3 is 0 Å². The van der Waals surface area contributed by atoms with Gasteiger partial charge < -0.3 is 10.6 Å². The fraction of sp³-hybridized carbons (Fsp3) is 0. The van der Waals surface area contributed by atoms with Gasteiger partial charge in [-0.25, -0.2) is 4.98 Å². The summed E-state index contributed by atoms with van der Waals surface area (Å²) in [7, 11) is 0. The molecule has 0 bridgehead atoms. The smallest absolute Gasteiger partial charge is 0.270 e. The van der Waals surface area contributed by atoms with E-state index in [0.717, 1.165) is 0 Å². The summed E-state index contributed by atoms with van der Waals surface area (Å²) in [6, 6.07) is 14.2. The normalized spacial score (nSPS) is 10.3. The highest BCUT2D eigenvalue weighted by Gasteiger charge is 2.16. The molecule has 6 N–H and O–H groups in total. The zero-order valence-electron chi connectivity index (χ0n) is 14.9. The van der Waals surface area contributed by atoms with E-state index in [4.69, 9.17) is 34.3 Å². The lowest BCUT2D eigenvalue weighted by molar-refractivity contribution is -0.114. The molecule has 1 aromatic heterocycles. The van der Waals surface area contributed by atoms with Crippen molar-refractivity contribution < 1.29 is 15.0 Å². The molecule has 0 saturated carbocycles. The third kappa shape index (κ3) is 5.10. The van der Waals surface area contributed by atoms with E-state index in [9.17, 15) is 9.59 Å². The summed E-state index contributed by atoms with van der Waals surface area (Å²) in [5, 5.41) is 11.7. The Labute approximate surface area is 176 Å². The van der Waals surface area contributed by atoms with Crippen LogP contribution < -0.4 is 21.8 Å². The van der Waals surface area contributed by atoms with Crippen LogP contribution in [0.2, 0.25) is 10.0 Å². The van der Waals surface area contributed by atoms with Crippen LogP contribution in [-0.4, -0.2) is 22.6 Å². The number of rotatable bonds is 5. The number of halogens is 2. The molecule has 2 aromatic carbocycles. The largest absolute Gasteiger partial charge is 0.321 e. The van der Waals surface area contributed by atoms with Gasteiger partial charge in [0, 0.05) is 16.8 Å². The minimum absolute atomic E-state index is 0.157. The lowest BCUT2D eigenvalue weighted by Gasteiger charge is -2.12. The lowest BCUT2D eigenvalue weighted by atomic mass is 10.1. The summed E-state index contributed by atoms with van der Waals surface area (Å²) >= 11 is 11.8. The highest BCUT2D eigenvalue weighted by Crippen LogP contribution is 2.23. The number of pyridine rings is 1. The lowest BCUT2D eigenvalue weighted by Crippen LogP contribution is -2.46. The number of nitrogens with zero attached hydrogens (tertiary/aromatic N) is 1. The van der Waals surface area contributed by atoms with Gasteiger partial charge in [0.1, 0.15) is 5.82 Å². The summed E-state index contributed by atoms with van der Waals surface area (Å²) in [6.45, 7) is 0. The Balaban J connectivity index is 1.82. The number of hydrogen-bond acceptors (Lipinski definition) is 3. The van der Waals surface area contributed by atoms with Crippen molar-refractivity contribution in [3.8, 4) is 0 Å². The van der Waals surface area contributed by atoms with Gasteiger partial charge in [-0.05, 0) is 54.6 Å². The van der Waals surface area contributed by atoms with Gasteiger partial charge in [0.15, 0.2) is 0 Å². The molecule has 0 spiro atoms. The predicted octanol–water partition coefficient (Wildman–Crippen LogP) is 2.36. The first-order valence-electron chi connectivity index (χ1n) is 8.35. The molecule has 3 aromatic rings. The SMILES string of the molecule is NC(=[NH2+])c1ccc(C(=O)Nc2ccc(Cl)cc2C(=O)Nc2ccc(Cl)cn2)cc1. The van der Waals surface area contributed by atoms with Crippen molar-refractivity contribution in [1.29, 1.82) is 0 Å². The summed E-state index contributed by atoms with van der Waals surface area (Å²) < 4.78 is 0. The van der Waals surface area contributed by atoms with Gasteiger partial charge in [0.25, 0.3) is 17.6 Å². The third-order valence-electron chi connectivity index (χ3n) is 3.92. The van der Waals surface area contributed by atoms with Crippen molar-refractivity contribution in [2.24, 2.45) is 5.73 Å². The van der Waals surface area contributed by atoms with Gasteiger partial charge in [-0.15, -0.1) is 0 Å². The molecule has 1 heterocycles. The molecule has 2 amide bonds. The Morgan fingerprint density at radius 2 is 1.52 bits per heavy atom. The third-order valence-corrected chi connectivity index (χ3v) is 4.38. The molecule has 0 radical (unpaired) electrons. The second kappa shape index (κ2) is 8.72. The van der Waals surface area contributed by atoms with E-state index in [-0.39, 0.29) is 11.4 Å². The van der Waals surface area contributed by atoms with Gasteiger partial charge in [-0.3, -0.25) is 20.7 Å². The summed E-state index contributed by atoms with van der Waals surface area (Å²) in [6.07, 6.45) is 1.41. The highest BCUT2D eigenvalue weighted by molar-refractivity contribution is 6.31. The molecule has 0 unspecified atom stereocenters. The molecule has 29 heavy (non-hydrogen) atoms. The average Bonchev–Trinajstić information content (AvgIpc) is 2.71. The van der Waals surface area contributed by atoms with Crippen molar-refractivity contribution >= 4 is 52.4 Å². The molecule has 7 nitrogen and oxygen atoms in total. The first-order valence-corrected chi connectivity index (χ1v) is 9.11. The summed E-state index contributed by atoms with van der Waals surface area (Å²) in [4.78, 5) is 29.3. The molecule has 0 atom stereocenters. The minimum atomic E-state index is -0.488. The molecule has 0 aliphatic carbocycles.